The van der Waals surface area contributed by atoms with Crippen LogP contribution in [0.3, 0.4) is 0 Å². The molecule has 0 aliphatic carbocycles. The largest absolute Gasteiger partial charge is 0.474 e. The summed E-state index contributed by atoms with van der Waals surface area (Å²) in [6, 6.07) is 14.0. The van der Waals surface area contributed by atoms with E-state index in [1.165, 1.54) is 5.56 Å². The number of carbonyl (C=O) groups excluding carboxylic acids is 1. The van der Waals surface area contributed by atoms with Crippen molar-refractivity contribution in [2.75, 3.05) is 32.0 Å². The minimum absolute atomic E-state index is 0.0101. The van der Waals surface area contributed by atoms with Crippen LogP contribution in [0.5, 0.6) is 5.88 Å². The zero-order valence-corrected chi connectivity index (χ0v) is 15.1. The van der Waals surface area contributed by atoms with E-state index >= 15 is 0 Å². The number of carbonyl (C=O) groups is 1. The zero-order valence-electron chi connectivity index (χ0n) is 15.1. The lowest BCUT2D eigenvalue weighted by atomic mass is 10.1. The third kappa shape index (κ3) is 5.12. The number of rotatable bonds is 6. The molecule has 0 atom stereocenters. The average Bonchev–Trinajstić information content (AvgIpc) is 2.70. The van der Waals surface area contributed by atoms with E-state index in [1.54, 1.807) is 6.20 Å². The molecule has 1 saturated heterocycles. The van der Waals surface area contributed by atoms with Gasteiger partial charge in [-0.3, -0.25) is 0 Å². The molecule has 0 radical (unpaired) electrons. The number of benzene rings is 1. The number of anilines is 1. The molecule has 2 N–H and O–H groups in total. The molecule has 1 aromatic heterocycles. The van der Waals surface area contributed by atoms with Crippen molar-refractivity contribution in [1.82, 2.24) is 15.2 Å². The van der Waals surface area contributed by atoms with Gasteiger partial charge in [0.1, 0.15) is 6.10 Å². The number of hydrogen-bond acceptors (Lipinski definition) is 4. The Labute approximate surface area is 154 Å². The molecule has 0 unspecified atom stereocenters. The fourth-order valence-corrected chi connectivity index (χ4v) is 3.02. The molecular formula is C20H26N4O2. The summed E-state index contributed by atoms with van der Waals surface area (Å²) < 4.78 is 5.92. The van der Waals surface area contributed by atoms with Gasteiger partial charge in [0.05, 0.1) is 11.9 Å². The van der Waals surface area contributed by atoms with Gasteiger partial charge in [-0.25, -0.2) is 9.78 Å². The third-order valence-corrected chi connectivity index (χ3v) is 4.57. The number of piperidine rings is 1. The summed E-state index contributed by atoms with van der Waals surface area (Å²) in [6.07, 6.45) is 4.35. The number of aromatic nitrogens is 1. The molecule has 1 aliphatic heterocycles. The van der Waals surface area contributed by atoms with Gasteiger partial charge >= 0.3 is 6.03 Å². The van der Waals surface area contributed by atoms with Crippen LogP contribution < -0.4 is 15.4 Å². The summed E-state index contributed by atoms with van der Waals surface area (Å²) in [5.74, 6) is 0.634. The number of likely N-dealkylation sites (tertiary alicyclic amines) is 1. The monoisotopic (exact) mass is 354 g/mol. The lowest BCUT2D eigenvalue weighted by molar-refractivity contribution is 0.107. The molecular weight excluding hydrogens is 328 g/mol. The van der Waals surface area contributed by atoms with E-state index in [4.69, 9.17) is 4.74 Å². The van der Waals surface area contributed by atoms with Crippen molar-refractivity contribution in [3.63, 3.8) is 0 Å². The second-order valence-corrected chi connectivity index (χ2v) is 6.41. The Morgan fingerprint density at radius 1 is 1.19 bits per heavy atom. The van der Waals surface area contributed by atoms with Crippen LogP contribution in [0.1, 0.15) is 18.4 Å². The van der Waals surface area contributed by atoms with Gasteiger partial charge in [-0.2, -0.15) is 0 Å². The maximum atomic E-state index is 12.3. The van der Waals surface area contributed by atoms with E-state index in [-0.39, 0.29) is 12.1 Å². The lowest BCUT2D eigenvalue weighted by Crippen LogP contribution is -2.46. The molecule has 2 amide bonds. The van der Waals surface area contributed by atoms with E-state index < -0.39 is 0 Å². The Hall–Kier alpha value is -2.76. The molecule has 6 nitrogen and oxygen atoms in total. The van der Waals surface area contributed by atoms with Gasteiger partial charge in [0.2, 0.25) is 5.88 Å². The summed E-state index contributed by atoms with van der Waals surface area (Å²) >= 11 is 0. The van der Waals surface area contributed by atoms with E-state index in [0.717, 1.165) is 24.9 Å². The van der Waals surface area contributed by atoms with Crippen LogP contribution in [-0.4, -0.2) is 48.7 Å². The Morgan fingerprint density at radius 3 is 2.62 bits per heavy atom. The molecule has 0 bridgehead atoms. The molecule has 2 heterocycles. The Bertz CT molecular complexity index is 683. The molecule has 2 aromatic rings. The highest BCUT2D eigenvalue weighted by molar-refractivity contribution is 5.74. The first kappa shape index (κ1) is 18.0. The first-order valence-corrected chi connectivity index (χ1v) is 9.12. The molecule has 26 heavy (non-hydrogen) atoms. The highest BCUT2D eigenvalue weighted by atomic mass is 16.5. The van der Waals surface area contributed by atoms with Crippen molar-refractivity contribution in [1.29, 1.82) is 0 Å². The molecule has 0 spiro atoms. The summed E-state index contributed by atoms with van der Waals surface area (Å²) in [5.41, 5.74) is 2.19. The maximum absolute atomic E-state index is 12.3. The van der Waals surface area contributed by atoms with Crippen molar-refractivity contribution in [2.45, 2.75) is 25.4 Å². The molecule has 6 heteroatoms. The molecule has 1 aliphatic rings. The van der Waals surface area contributed by atoms with Gasteiger partial charge in [-0.05, 0) is 18.1 Å². The highest BCUT2D eigenvalue weighted by Gasteiger charge is 2.23. The number of pyridine rings is 1. The van der Waals surface area contributed by atoms with E-state index in [1.807, 2.05) is 42.3 Å². The van der Waals surface area contributed by atoms with Crippen LogP contribution in [0.25, 0.3) is 0 Å². The van der Waals surface area contributed by atoms with Gasteiger partial charge in [0.15, 0.2) is 0 Å². The molecule has 1 fully saturated rings. The first-order chi connectivity index (χ1) is 12.7. The van der Waals surface area contributed by atoms with E-state index in [2.05, 4.69) is 27.8 Å². The quantitative estimate of drug-likeness (QED) is 0.837. The van der Waals surface area contributed by atoms with Crippen molar-refractivity contribution in [3.8, 4) is 5.88 Å². The number of urea groups is 1. The van der Waals surface area contributed by atoms with Crippen molar-refractivity contribution in [3.05, 3.63) is 54.2 Å². The summed E-state index contributed by atoms with van der Waals surface area (Å²) in [4.78, 5) is 18.4. The third-order valence-electron chi connectivity index (χ3n) is 4.57. The summed E-state index contributed by atoms with van der Waals surface area (Å²) in [7, 11) is 1.86. The van der Waals surface area contributed by atoms with Gasteiger partial charge in [-0.1, -0.05) is 30.3 Å². The van der Waals surface area contributed by atoms with Gasteiger partial charge < -0.3 is 20.3 Å². The van der Waals surface area contributed by atoms with Crippen LogP contribution in [0.15, 0.2) is 48.7 Å². The minimum atomic E-state index is 0.0101. The Kier molecular flexibility index (Phi) is 6.30. The Balaban J connectivity index is 1.37. The maximum Gasteiger partial charge on any atom is 0.317 e. The molecule has 1 aromatic carbocycles. The van der Waals surface area contributed by atoms with Crippen LogP contribution in [0, 0.1) is 0 Å². The number of amides is 2. The number of hydrogen-bond donors (Lipinski definition) is 2. The van der Waals surface area contributed by atoms with Crippen molar-refractivity contribution < 1.29 is 9.53 Å². The lowest BCUT2D eigenvalue weighted by Gasteiger charge is -2.32. The molecule has 0 saturated carbocycles. The Morgan fingerprint density at radius 2 is 1.96 bits per heavy atom. The van der Waals surface area contributed by atoms with E-state index in [9.17, 15) is 4.79 Å². The fraction of sp³-hybridized carbons (Fsp3) is 0.400. The second kappa shape index (κ2) is 9.08. The smallest absolute Gasteiger partial charge is 0.317 e. The fourth-order valence-electron chi connectivity index (χ4n) is 3.02. The van der Waals surface area contributed by atoms with E-state index in [0.29, 0.717) is 25.5 Å². The summed E-state index contributed by atoms with van der Waals surface area (Å²) in [5, 5.41) is 6.04. The SMILES string of the molecule is CNc1ccc(OC2CCN(C(=O)NCCc3ccccc3)CC2)nc1. The van der Waals surface area contributed by atoms with Crippen LogP contribution in [-0.2, 0) is 6.42 Å². The summed E-state index contributed by atoms with van der Waals surface area (Å²) in [6.45, 7) is 2.06. The van der Waals surface area contributed by atoms with Gasteiger partial charge in [0, 0.05) is 45.6 Å². The highest BCUT2D eigenvalue weighted by Crippen LogP contribution is 2.18. The van der Waals surface area contributed by atoms with Crippen molar-refractivity contribution >= 4 is 11.7 Å². The molecule has 138 valence electrons. The molecule has 3 rings (SSSR count). The van der Waals surface area contributed by atoms with Crippen LogP contribution >= 0.6 is 0 Å². The number of ether oxygens (including phenoxy) is 1. The predicted octanol–water partition coefficient (Wildman–Crippen LogP) is 2.92. The topological polar surface area (TPSA) is 66.5 Å². The minimum Gasteiger partial charge on any atom is -0.474 e. The number of nitrogens with one attached hydrogen (secondary N) is 2. The number of nitrogens with zero attached hydrogens (tertiary/aromatic N) is 2. The standard InChI is InChI=1S/C20H26N4O2/c1-21-17-7-8-19(23-15-17)26-18-10-13-24(14-11-18)20(25)22-12-9-16-5-3-2-4-6-16/h2-8,15,18,21H,9-14H2,1H3,(H,22,25). The van der Waals surface area contributed by atoms with Crippen molar-refractivity contribution in [2.24, 2.45) is 0 Å². The first-order valence-electron chi connectivity index (χ1n) is 9.12. The van der Waals surface area contributed by atoms with Gasteiger partial charge in [0.25, 0.3) is 0 Å². The predicted molar refractivity (Wildman–Crippen MR) is 103 cm³/mol. The normalized spacial score (nSPS) is 14.7. The van der Waals surface area contributed by atoms with Crippen LogP contribution in [0.4, 0.5) is 10.5 Å². The zero-order chi connectivity index (χ0) is 18.2. The van der Waals surface area contributed by atoms with Gasteiger partial charge in [-0.15, -0.1) is 0 Å². The second-order valence-electron chi connectivity index (χ2n) is 6.41. The van der Waals surface area contributed by atoms with Crippen LogP contribution in [0.2, 0.25) is 0 Å². The average molecular weight is 354 g/mol.